The van der Waals surface area contributed by atoms with E-state index in [0.717, 1.165) is 0 Å². The first-order valence-electron chi connectivity index (χ1n) is 8.63. The molecule has 0 saturated carbocycles. The Morgan fingerprint density at radius 1 is 1.21 bits per heavy atom. The molecule has 0 bridgehead atoms. The summed E-state index contributed by atoms with van der Waals surface area (Å²) in [4.78, 5) is 35.1. The molecule has 1 aromatic rings. The van der Waals surface area contributed by atoms with Gasteiger partial charge in [-0.05, 0) is 24.6 Å². The van der Waals surface area contributed by atoms with Crippen molar-refractivity contribution in [2.75, 3.05) is 26.2 Å². The van der Waals surface area contributed by atoms with Gasteiger partial charge < -0.3 is 10.1 Å². The Hall–Kier alpha value is -2.72. The van der Waals surface area contributed by atoms with Crippen molar-refractivity contribution in [1.29, 1.82) is 0 Å². The van der Waals surface area contributed by atoms with E-state index in [9.17, 15) is 22.8 Å². The van der Waals surface area contributed by atoms with E-state index < -0.39 is 34.5 Å². The normalized spacial score (nSPS) is 11.0. The molecule has 9 nitrogen and oxygen atoms in total. The van der Waals surface area contributed by atoms with Gasteiger partial charge in [-0.15, -0.1) is 6.58 Å². The first-order valence-corrected chi connectivity index (χ1v) is 10.1. The standard InChI is InChI=1S/C18H25N3O6S/c1-5-10-19-18(24)20-16(22)12-27-17(23)14-9-8-13(4)15(11-14)28(25,26)21(6-2)7-3/h5,8-9,11H,1,6-7,10,12H2,2-4H3,(H2,19,20,22,24). The number of carbonyl (C=O) groups excluding carboxylic acids is 3. The summed E-state index contributed by atoms with van der Waals surface area (Å²) >= 11 is 0. The number of ether oxygens (including phenoxy) is 1. The predicted molar refractivity (Wildman–Crippen MR) is 103 cm³/mol. The quantitative estimate of drug-likeness (QED) is 0.465. The molecule has 1 aromatic carbocycles. The third-order valence-electron chi connectivity index (χ3n) is 3.74. The number of nitrogens with zero attached hydrogens (tertiary/aromatic N) is 1. The molecule has 0 aromatic heterocycles. The summed E-state index contributed by atoms with van der Waals surface area (Å²) < 4.78 is 31.6. The Labute approximate surface area is 164 Å². The van der Waals surface area contributed by atoms with Crippen LogP contribution in [0.4, 0.5) is 4.79 Å². The molecule has 0 atom stereocenters. The second-order valence-corrected chi connectivity index (χ2v) is 7.60. The van der Waals surface area contributed by atoms with E-state index in [0.29, 0.717) is 18.7 Å². The molecule has 0 aliphatic heterocycles. The van der Waals surface area contributed by atoms with Gasteiger partial charge in [0, 0.05) is 19.6 Å². The molecular weight excluding hydrogens is 386 g/mol. The highest BCUT2D eigenvalue weighted by molar-refractivity contribution is 7.89. The Kier molecular flexibility index (Phi) is 8.80. The maximum atomic E-state index is 12.7. The van der Waals surface area contributed by atoms with Crippen LogP contribution in [-0.2, 0) is 19.6 Å². The molecule has 0 aliphatic carbocycles. The third-order valence-corrected chi connectivity index (χ3v) is 5.93. The molecule has 10 heteroatoms. The van der Waals surface area contributed by atoms with E-state index in [4.69, 9.17) is 4.74 Å². The minimum atomic E-state index is -3.76. The van der Waals surface area contributed by atoms with Crippen LogP contribution in [0.2, 0.25) is 0 Å². The van der Waals surface area contributed by atoms with Crippen molar-refractivity contribution in [1.82, 2.24) is 14.9 Å². The molecule has 0 radical (unpaired) electrons. The number of sulfonamides is 1. The molecule has 2 N–H and O–H groups in total. The predicted octanol–water partition coefficient (Wildman–Crippen LogP) is 1.19. The van der Waals surface area contributed by atoms with Crippen LogP contribution in [0.25, 0.3) is 0 Å². The van der Waals surface area contributed by atoms with Crippen molar-refractivity contribution >= 4 is 27.9 Å². The van der Waals surface area contributed by atoms with E-state index in [1.807, 2.05) is 5.32 Å². The summed E-state index contributed by atoms with van der Waals surface area (Å²) in [6, 6.07) is 3.38. The molecule has 0 aliphatic rings. The number of imide groups is 1. The summed E-state index contributed by atoms with van der Waals surface area (Å²) in [7, 11) is -3.76. The van der Waals surface area contributed by atoms with Crippen LogP contribution in [0, 0.1) is 6.92 Å². The average molecular weight is 411 g/mol. The summed E-state index contributed by atoms with van der Waals surface area (Å²) in [5.74, 6) is -1.70. The Bertz CT molecular complexity index is 847. The summed E-state index contributed by atoms with van der Waals surface area (Å²) in [6.07, 6.45) is 1.44. The van der Waals surface area contributed by atoms with Crippen LogP contribution in [0.5, 0.6) is 0 Å². The van der Waals surface area contributed by atoms with Crippen LogP contribution >= 0.6 is 0 Å². The lowest BCUT2D eigenvalue weighted by molar-refractivity contribution is -0.123. The number of carbonyl (C=O) groups is 3. The number of benzene rings is 1. The van der Waals surface area contributed by atoms with Gasteiger partial charge in [0.15, 0.2) is 6.61 Å². The summed E-state index contributed by atoms with van der Waals surface area (Å²) in [5, 5.41) is 4.31. The number of rotatable bonds is 9. The Morgan fingerprint density at radius 3 is 2.43 bits per heavy atom. The summed E-state index contributed by atoms with van der Waals surface area (Å²) in [5.41, 5.74) is 0.473. The Balaban J connectivity index is 2.86. The van der Waals surface area contributed by atoms with Gasteiger partial charge in [0.05, 0.1) is 10.5 Å². The lowest BCUT2D eigenvalue weighted by Gasteiger charge is -2.20. The van der Waals surface area contributed by atoms with Crippen molar-refractivity contribution in [2.24, 2.45) is 0 Å². The molecule has 0 spiro atoms. The van der Waals surface area contributed by atoms with Crippen LogP contribution in [0.15, 0.2) is 35.7 Å². The zero-order valence-electron chi connectivity index (χ0n) is 16.1. The summed E-state index contributed by atoms with van der Waals surface area (Å²) in [6.45, 7) is 8.55. The van der Waals surface area contributed by atoms with Gasteiger partial charge in [-0.2, -0.15) is 4.31 Å². The van der Waals surface area contributed by atoms with E-state index >= 15 is 0 Å². The van der Waals surface area contributed by atoms with Crippen molar-refractivity contribution in [2.45, 2.75) is 25.7 Å². The number of hydrogen-bond donors (Lipinski definition) is 2. The largest absolute Gasteiger partial charge is 0.452 e. The molecule has 0 saturated heterocycles. The average Bonchev–Trinajstić information content (AvgIpc) is 2.65. The van der Waals surface area contributed by atoms with Crippen molar-refractivity contribution in [3.8, 4) is 0 Å². The van der Waals surface area contributed by atoms with E-state index in [1.54, 1.807) is 20.8 Å². The van der Waals surface area contributed by atoms with Crippen molar-refractivity contribution in [3.05, 3.63) is 42.0 Å². The second-order valence-electron chi connectivity index (χ2n) is 5.69. The fourth-order valence-corrected chi connectivity index (χ4v) is 4.00. The van der Waals surface area contributed by atoms with E-state index in [2.05, 4.69) is 11.9 Å². The van der Waals surface area contributed by atoms with Gasteiger partial charge in [-0.1, -0.05) is 26.0 Å². The second kappa shape index (κ2) is 10.6. The molecule has 1 rings (SSSR count). The lowest BCUT2D eigenvalue weighted by Crippen LogP contribution is -2.41. The van der Waals surface area contributed by atoms with E-state index in [-0.39, 0.29) is 17.0 Å². The number of hydrogen-bond acceptors (Lipinski definition) is 6. The maximum Gasteiger partial charge on any atom is 0.338 e. The maximum absolute atomic E-state index is 12.7. The highest BCUT2D eigenvalue weighted by Crippen LogP contribution is 2.21. The van der Waals surface area contributed by atoms with Gasteiger partial charge in [-0.3, -0.25) is 10.1 Å². The lowest BCUT2D eigenvalue weighted by atomic mass is 10.1. The highest BCUT2D eigenvalue weighted by Gasteiger charge is 2.25. The monoisotopic (exact) mass is 411 g/mol. The van der Waals surface area contributed by atoms with Gasteiger partial charge in [0.1, 0.15) is 0 Å². The van der Waals surface area contributed by atoms with Gasteiger partial charge in [-0.25, -0.2) is 18.0 Å². The Morgan fingerprint density at radius 2 is 1.86 bits per heavy atom. The molecule has 0 heterocycles. The van der Waals surface area contributed by atoms with Crippen LogP contribution in [-0.4, -0.2) is 56.9 Å². The van der Waals surface area contributed by atoms with Crippen LogP contribution < -0.4 is 10.6 Å². The minimum Gasteiger partial charge on any atom is -0.452 e. The smallest absolute Gasteiger partial charge is 0.338 e. The van der Waals surface area contributed by atoms with Crippen LogP contribution in [0.3, 0.4) is 0 Å². The molecule has 0 unspecified atom stereocenters. The first-order chi connectivity index (χ1) is 13.2. The van der Waals surface area contributed by atoms with Gasteiger partial charge in [0.25, 0.3) is 5.91 Å². The van der Waals surface area contributed by atoms with Gasteiger partial charge >= 0.3 is 12.0 Å². The van der Waals surface area contributed by atoms with E-state index in [1.165, 1.54) is 28.6 Å². The molecule has 28 heavy (non-hydrogen) atoms. The van der Waals surface area contributed by atoms with Crippen molar-refractivity contribution < 1.29 is 27.5 Å². The number of nitrogens with one attached hydrogen (secondary N) is 2. The molecular formula is C18H25N3O6S. The fraction of sp³-hybridized carbons (Fsp3) is 0.389. The minimum absolute atomic E-state index is 0.00101. The molecule has 3 amide bonds. The SMILES string of the molecule is C=CCNC(=O)NC(=O)COC(=O)c1ccc(C)c(S(=O)(=O)N(CC)CC)c1. The number of amides is 3. The topological polar surface area (TPSA) is 122 Å². The number of esters is 1. The highest BCUT2D eigenvalue weighted by atomic mass is 32.2. The van der Waals surface area contributed by atoms with Crippen LogP contribution in [0.1, 0.15) is 29.8 Å². The molecule has 0 fully saturated rings. The van der Waals surface area contributed by atoms with Crippen molar-refractivity contribution in [3.63, 3.8) is 0 Å². The van der Waals surface area contributed by atoms with Gasteiger partial charge in [0.2, 0.25) is 10.0 Å². The third kappa shape index (κ3) is 6.17. The molecule has 154 valence electrons. The first kappa shape index (κ1) is 23.3. The fourth-order valence-electron chi connectivity index (χ4n) is 2.29. The number of urea groups is 1. The number of aryl methyl sites for hydroxylation is 1. The zero-order chi connectivity index (χ0) is 21.3. The zero-order valence-corrected chi connectivity index (χ0v) is 17.0.